The van der Waals surface area contributed by atoms with Gasteiger partial charge in [0.15, 0.2) is 0 Å². The molecule has 0 saturated carbocycles. The van der Waals surface area contributed by atoms with Crippen molar-refractivity contribution in [2.75, 3.05) is 18.8 Å². The van der Waals surface area contributed by atoms with Crippen molar-refractivity contribution in [1.82, 2.24) is 4.31 Å². The normalized spacial score (nSPS) is 12.6. The fraction of sp³-hybridized carbons (Fsp3) is 0.917. The lowest BCUT2D eigenvalue weighted by molar-refractivity contribution is 0.372. The van der Waals surface area contributed by atoms with E-state index >= 15 is 0 Å². The standard InChI is InChI=1S/C12H27N3O2S/c1-10(2)6-8-18(16,17)15(9-11(3)4)7-5-12(13)14/h10-11H,5-9H2,1-4H3,(H3,13,14). The minimum Gasteiger partial charge on any atom is -0.388 e. The SMILES string of the molecule is CC(C)CCS(=O)(=O)N(CCC(=N)N)CC(C)C. The van der Waals surface area contributed by atoms with Crippen LogP contribution < -0.4 is 5.73 Å². The Labute approximate surface area is 111 Å². The first-order chi connectivity index (χ1) is 8.15. The van der Waals surface area contributed by atoms with Gasteiger partial charge in [0.2, 0.25) is 10.0 Å². The summed E-state index contributed by atoms with van der Waals surface area (Å²) in [6.07, 6.45) is 0.963. The number of nitrogens with one attached hydrogen (secondary N) is 1. The van der Waals surface area contributed by atoms with Crippen LogP contribution in [-0.4, -0.2) is 37.4 Å². The van der Waals surface area contributed by atoms with Crippen molar-refractivity contribution in [3.63, 3.8) is 0 Å². The Morgan fingerprint density at radius 2 is 1.78 bits per heavy atom. The summed E-state index contributed by atoms with van der Waals surface area (Å²) in [5.74, 6) is 0.844. The summed E-state index contributed by atoms with van der Waals surface area (Å²) >= 11 is 0. The lowest BCUT2D eigenvalue weighted by Crippen LogP contribution is -2.38. The number of nitrogens with two attached hydrogens (primary N) is 1. The molecule has 0 atom stereocenters. The zero-order valence-electron chi connectivity index (χ0n) is 11.9. The van der Waals surface area contributed by atoms with E-state index in [1.54, 1.807) is 0 Å². The molecular formula is C12H27N3O2S. The zero-order chi connectivity index (χ0) is 14.3. The molecule has 18 heavy (non-hydrogen) atoms. The Balaban J connectivity index is 4.65. The molecule has 0 aromatic carbocycles. The number of nitrogens with zero attached hydrogens (tertiary/aromatic N) is 1. The highest BCUT2D eigenvalue weighted by molar-refractivity contribution is 7.89. The second-order valence-electron chi connectivity index (χ2n) is 5.53. The monoisotopic (exact) mass is 277 g/mol. The van der Waals surface area contributed by atoms with Gasteiger partial charge in [-0.25, -0.2) is 12.7 Å². The molecule has 0 aliphatic heterocycles. The largest absolute Gasteiger partial charge is 0.388 e. The first-order valence-electron chi connectivity index (χ1n) is 6.46. The molecular weight excluding hydrogens is 250 g/mol. The number of sulfonamides is 1. The maximum Gasteiger partial charge on any atom is 0.214 e. The smallest absolute Gasteiger partial charge is 0.214 e. The molecule has 0 aromatic heterocycles. The molecule has 6 heteroatoms. The quantitative estimate of drug-likeness (QED) is 0.496. The van der Waals surface area contributed by atoms with E-state index in [4.69, 9.17) is 11.1 Å². The van der Waals surface area contributed by atoms with Crippen LogP contribution in [0.2, 0.25) is 0 Å². The van der Waals surface area contributed by atoms with Gasteiger partial charge in [-0.15, -0.1) is 0 Å². The molecule has 0 radical (unpaired) electrons. The summed E-state index contributed by atoms with van der Waals surface area (Å²) in [5, 5.41) is 7.20. The zero-order valence-corrected chi connectivity index (χ0v) is 12.8. The fourth-order valence-electron chi connectivity index (χ4n) is 1.51. The number of rotatable bonds is 9. The Bertz CT molecular complexity index is 350. The molecule has 0 fully saturated rings. The highest BCUT2D eigenvalue weighted by Crippen LogP contribution is 2.11. The molecule has 0 spiro atoms. The maximum atomic E-state index is 12.2. The van der Waals surface area contributed by atoms with Crippen molar-refractivity contribution in [3.05, 3.63) is 0 Å². The van der Waals surface area contributed by atoms with Crippen LogP contribution in [0.25, 0.3) is 0 Å². The van der Waals surface area contributed by atoms with E-state index in [0.29, 0.717) is 31.8 Å². The molecule has 0 aromatic rings. The minimum atomic E-state index is -3.23. The van der Waals surface area contributed by atoms with E-state index in [1.165, 1.54) is 4.31 Å². The second-order valence-corrected chi connectivity index (χ2v) is 7.61. The summed E-state index contributed by atoms with van der Waals surface area (Å²) < 4.78 is 25.9. The number of amidine groups is 1. The van der Waals surface area contributed by atoms with E-state index in [2.05, 4.69) is 0 Å². The van der Waals surface area contributed by atoms with Crippen molar-refractivity contribution >= 4 is 15.9 Å². The summed E-state index contributed by atoms with van der Waals surface area (Å²) in [6.45, 7) is 8.80. The lowest BCUT2D eigenvalue weighted by atomic mass is 10.2. The van der Waals surface area contributed by atoms with Crippen LogP contribution in [0.4, 0.5) is 0 Å². The molecule has 3 N–H and O–H groups in total. The first kappa shape index (κ1) is 17.4. The van der Waals surface area contributed by atoms with Crippen LogP contribution in [0, 0.1) is 17.2 Å². The van der Waals surface area contributed by atoms with Crippen LogP contribution in [0.3, 0.4) is 0 Å². The molecule has 0 unspecified atom stereocenters. The molecule has 0 saturated heterocycles. The van der Waals surface area contributed by atoms with Crippen molar-refractivity contribution in [2.45, 2.75) is 40.5 Å². The molecule has 108 valence electrons. The topological polar surface area (TPSA) is 87.2 Å². The average molecular weight is 277 g/mol. The maximum absolute atomic E-state index is 12.2. The minimum absolute atomic E-state index is 0.0304. The number of hydrogen-bond acceptors (Lipinski definition) is 3. The van der Waals surface area contributed by atoms with E-state index < -0.39 is 10.0 Å². The Morgan fingerprint density at radius 3 is 2.17 bits per heavy atom. The highest BCUT2D eigenvalue weighted by Gasteiger charge is 2.22. The molecule has 0 bridgehead atoms. The van der Waals surface area contributed by atoms with Gasteiger partial charge >= 0.3 is 0 Å². The van der Waals surface area contributed by atoms with E-state index in [-0.39, 0.29) is 17.5 Å². The second kappa shape index (κ2) is 7.74. The number of hydrogen-bond donors (Lipinski definition) is 2. The van der Waals surface area contributed by atoms with Gasteiger partial charge in [0.05, 0.1) is 11.6 Å². The molecule has 0 amide bonds. The van der Waals surface area contributed by atoms with Crippen LogP contribution in [0.15, 0.2) is 0 Å². The lowest BCUT2D eigenvalue weighted by Gasteiger charge is -2.24. The van der Waals surface area contributed by atoms with Gasteiger partial charge in [0.1, 0.15) is 0 Å². The van der Waals surface area contributed by atoms with Gasteiger partial charge < -0.3 is 5.73 Å². The van der Waals surface area contributed by atoms with E-state index in [1.807, 2.05) is 27.7 Å². The van der Waals surface area contributed by atoms with Crippen LogP contribution in [0.5, 0.6) is 0 Å². The molecule has 0 rings (SSSR count). The summed E-state index contributed by atoms with van der Waals surface area (Å²) in [7, 11) is -3.23. The van der Waals surface area contributed by atoms with Crippen molar-refractivity contribution in [1.29, 1.82) is 5.41 Å². The first-order valence-corrected chi connectivity index (χ1v) is 8.06. The van der Waals surface area contributed by atoms with Gasteiger partial charge in [-0.2, -0.15) is 0 Å². The summed E-state index contributed by atoms with van der Waals surface area (Å²) in [6, 6.07) is 0. The third kappa shape index (κ3) is 7.66. The van der Waals surface area contributed by atoms with Crippen LogP contribution in [0.1, 0.15) is 40.5 Å². The molecule has 5 nitrogen and oxygen atoms in total. The molecule has 0 heterocycles. The van der Waals surface area contributed by atoms with Gasteiger partial charge in [0, 0.05) is 19.5 Å². The molecule has 0 aliphatic rings. The third-order valence-electron chi connectivity index (χ3n) is 2.55. The Kier molecular flexibility index (Phi) is 7.47. The van der Waals surface area contributed by atoms with Crippen LogP contribution in [-0.2, 0) is 10.0 Å². The van der Waals surface area contributed by atoms with E-state index in [0.717, 1.165) is 0 Å². The van der Waals surface area contributed by atoms with E-state index in [9.17, 15) is 8.42 Å². The summed E-state index contributed by atoms with van der Waals surface area (Å²) in [5.41, 5.74) is 5.30. The third-order valence-corrected chi connectivity index (χ3v) is 4.42. The fourth-order valence-corrected chi connectivity index (χ4v) is 3.43. The summed E-state index contributed by atoms with van der Waals surface area (Å²) in [4.78, 5) is 0. The van der Waals surface area contributed by atoms with Gasteiger partial charge in [-0.3, -0.25) is 5.41 Å². The average Bonchev–Trinajstić information content (AvgIpc) is 2.20. The highest BCUT2D eigenvalue weighted by atomic mass is 32.2. The van der Waals surface area contributed by atoms with Gasteiger partial charge in [-0.05, 0) is 18.3 Å². The van der Waals surface area contributed by atoms with Crippen molar-refractivity contribution < 1.29 is 8.42 Å². The Hall–Kier alpha value is -0.620. The Morgan fingerprint density at radius 1 is 1.22 bits per heavy atom. The predicted octanol–water partition coefficient (Wildman–Crippen LogP) is 1.65. The van der Waals surface area contributed by atoms with Crippen LogP contribution >= 0.6 is 0 Å². The van der Waals surface area contributed by atoms with Gasteiger partial charge in [0.25, 0.3) is 0 Å². The van der Waals surface area contributed by atoms with Gasteiger partial charge in [-0.1, -0.05) is 27.7 Å². The molecule has 0 aliphatic carbocycles. The van der Waals surface area contributed by atoms with Crippen molar-refractivity contribution in [2.24, 2.45) is 17.6 Å². The predicted molar refractivity (Wildman–Crippen MR) is 76.2 cm³/mol. The van der Waals surface area contributed by atoms with Crippen molar-refractivity contribution in [3.8, 4) is 0 Å².